The van der Waals surface area contributed by atoms with E-state index in [2.05, 4.69) is 25.9 Å². The van der Waals surface area contributed by atoms with Crippen molar-refractivity contribution in [2.45, 2.75) is 19.0 Å². The van der Waals surface area contributed by atoms with Crippen LogP contribution in [0.25, 0.3) is 0 Å². The van der Waals surface area contributed by atoms with Crippen LogP contribution in [0.1, 0.15) is 12.5 Å². The van der Waals surface area contributed by atoms with E-state index in [0.717, 1.165) is 37.1 Å². The van der Waals surface area contributed by atoms with Crippen LogP contribution >= 0.6 is 15.9 Å². The highest BCUT2D eigenvalue weighted by Crippen LogP contribution is 2.22. The van der Waals surface area contributed by atoms with Crippen molar-refractivity contribution in [3.8, 4) is 0 Å². The van der Waals surface area contributed by atoms with E-state index in [1.165, 1.54) is 0 Å². The first-order valence-electron chi connectivity index (χ1n) is 6.80. The number of likely N-dealkylation sites (tertiary alicyclic amines) is 1. The molecule has 0 radical (unpaired) electrons. The number of nitrogens with zero attached hydrogens (tertiary/aromatic N) is 4. The molecule has 2 aromatic heterocycles. The Labute approximate surface area is 125 Å². The van der Waals surface area contributed by atoms with Gasteiger partial charge in [0.1, 0.15) is 0 Å². The molecule has 1 unspecified atom stereocenters. The SMILES string of the molecule is O=c1ccccn1CCN1CCC(n2cc(Br)cn2)C1. The third-order valence-corrected chi connectivity index (χ3v) is 4.16. The summed E-state index contributed by atoms with van der Waals surface area (Å²) in [6.45, 7) is 3.71. The third-order valence-electron chi connectivity index (χ3n) is 3.75. The molecule has 0 amide bonds. The molecule has 0 bridgehead atoms. The van der Waals surface area contributed by atoms with Gasteiger partial charge in [-0.05, 0) is 28.4 Å². The van der Waals surface area contributed by atoms with E-state index in [1.807, 2.05) is 29.3 Å². The van der Waals surface area contributed by atoms with E-state index in [0.29, 0.717) is 6.04 Å². The third kappa shape index (κ3) is 3.02. The summed E-state index contributed by atoms with van der Waals surface area (Å²) in [5.74, 6) is 0. The molecule has 1 atom stereocenters. The molecular formula is C14H17BrN4O. The van der Waals surface area contributed by atoms with Crippen LogP contribution in [0.15, 0.2) is 46.1 Å². The Morgan fingerprint density at radius 1 is 1.35 bits per heavy atom. The summed E-state index contributed by atoms with van der Waals surface area (Å²) in [5, 5.41) is 4.35. The quantitative estimate of drug-likeness (QED) is 0.854. The van der Waals surface area contributed by atoms with Gasteiger partial charge in [0.05, 0.1) is 16.7 Å². The van der Waals surface area contributed by atoms with Crippen LogP contribution < -0.4 is 5.56 Å². The average Bonchev–Trinajstić information content (AvgIpc) is 3.06. The van der Waals surface area contributed by atoms with Crippen LogP contribution in [0.2, 0.25) is 0 Å². The molecule has 0 spiro atoms. The fourth-order valence-electron chi connectivity index (χ4n) is 2.64. The molecule has 1 aliphatic rings. The molecule has 1 fully saturated rings. The van der Waals surface area contributed by atoms with Crippen LogP contribution in [-0.4, -0.2) is 38.9 Å². The second-order valence-electron chi connectivity index (χ2n) is 5.11. The Balaban J connectivity index is 1.56. The first-order chi connectivity index (χ1) is 9.72. The zero-order valence-electron chi connectivity index (χ0n) is 11.2. The zero-order valence-corrected chi connectivity index (χ0v) is 12.7. The Morgan fingerprint density at radius 3 is 3.00 bits per heavy atom. The van der Waals surface area contributed by atoms with Gasteiger partial charge >= 0.3 is 0 Å². The van der Waals surface area contributed by atoms with Gasteiger partial charge in [0.2, 0.25) is 0 Å². The first kappa shape index (κ1) is 13.6. The van der Waals surface area contributed by atoms with Crippen molar-refractivity contribution in [3.63, 3.8) is 0 Å². The highest BCUT2D eigenvalue weighted by molar-refractivity contribution is 9.10. The van der Waals surface area contributed by atoms with E-state index in [-0.39, 0.29) is 5.56 Å². The van der Waals surface area contributed by atoms with Crippen molar-refractivity contribution in [1.82, 2.24) is 19.2 Å². The normalized spacial score (nSPS) is 19.6. The summed E-state index contributed by atoms with van der Waals surface area (Å²) in [6, 6.07) is 5.72. The molecule has 0 N–H and O–H groups in total. The van der Waals surface area contributed by atoms with Gasteiger partial charge in [0.15, 0.2) is 0 Å². The van der Waals surface area contributed by atoms with Crippen molar-refractivity contribution < 1.29 is 0 Å². The van der Waals surface area contributed by atoms with Crippen molar-refractivity contribution >= 4 is 15.9 Å². The number of aromatic nitrogens is 3. The van der Waals surface area contributed by atoms with Gasteiger partial charge < -0.3 is 4.57 Å². The summed E-state index contributed by atoms with van der Waals surface area (Å²) < 4.78 is 4.81. The molecule has 20 heavy (non-hydrogen) atoms. The smallest absolute Gasteiger partial charge is 0.250 e. The summed E-state index contributed by atoms with van der Waals surface area (Å²) in [6.07, 6.45) is 6.81. The van der Waals surface area contributed by atoms with Gasteiger partial charge in [-0.2, -0.15) is 5.10 Å². The van der Waals surface area contributed by atoms with Gasteiger partial charge in [-0.3, -0.25) is 14.4 Å². The number of pyridine rings is 1. The fourth-order valence-corrected chi connectivity index (χ4v) is 2.94. The first-order valence-corrected chi connectivity index (χ1v) is 7.59. The molecule has 6 heteroatoms. The molecule has 1 saturated heterocycles. The molecule has 0 saturated carbocycles. The topological polar surface area (TPSA) is 43.1 Å². The monoisotopic (exact) mass is 336 g/mol. The lowest BCUT2D eigenvalue weighted by Gasteiger charge is -2.16. The maximum atomic E-state index is 11.6. The van der Waals surface area contributed by atoms with E-state index < -0.39 is 0 Å². The Morgan fingerprint density at radius 2 is 2.25 bits per heavy atom. The van der Waals surface area contributed by atoms with Gasteiger partial charge in [-0.25, -0.2) is 0 Å². The fraction of sp³-hybridized carbons (Fsp3) is 0.429. The lowest BCUT2D eigenvalue weighted by atomic mass is 10.3. The minimum atomic E-state index is 0.0688. The van der Waals surface area contributed by atoms with Crippen LogP contribution in [0, 0.1) is 0 Å². The predicted molar refractivity (Wildman–Crippen MR) is 80.7 cm³/mol. The van der Waals surface area contributed by atoms with E-state index in [9.17, 15) is 4.79 Å². The number of hydrogen-bond acceptors (Lipinski definition) is 3. The molecule has 0 aromatic carbocycles. The van der Waals surface area contributed by atoms with Crippen molar-refractivity contribution in [2.24, 2.45) is 0 Å². The second-order valence-corrected chi connectivity index (χ2v) is 6.03. The summed E-state index contributed by atoms with van der Waals surface area (Å²) in [7, 11) is 0. The van der Waals surface area contributed by atoms with Crippen molar-refractivity contribution in [2.75, 3.05) is 19.6 Å². The van der Waals surface area contributed by atoms with Gasteiger partial charge in [0.25, 0.3) is 5.56 Å². The second kappa shape index (κ2) is 5.93. The highest BCUT2D eigenvalue weighted by Gasteiger charge is 2.24. The van der Waals surface area contributed by atoms with Crippen molar-refractivity contribution in [3.05, 3.63) is 51.6 Å². The standard InChI is InChI=1S/C14H17BrN4O/c15-12-9-16-19(10-12)13-4-6-17(11-13)7-8-18-5-2-1-3-14(18)20/h1-3,5,9-10,13H,4,6-8,11H2. The molecule has 3 rings (SSSR count). The summed E-state index contributed by atoms with van der Waals surface area (Å²) in [4.78, 5) is 14.0. The Hall–Kier alpha value is -1.40. The maximum absolute atomic E-state index is 11.6. The molecule has 106 valence electrons. The van der Waals surface area contributed by atoms with Crippen LogP contribution in [0.3, 0.4) is 0 Å². The molecule has 1 aliphatic heterocycles. The van der Waals surface area contributed by atoms with Crippen molar-refractivity contribution in [1.29, 1.82) is 0 Å². The molecular weight excluding hydrogens is 320 g/mol. The van der Waals surface area contributed by atoms with Gasteiger partial charge in [0, 0.05) is 44.6 Å². The minimum absolute atomic E-state index is 0.0688. The largest absolute Gasteiger partial charge is 0.314 e. The molecule has 3 heterocycles. The highest BCUT2D eigenvalue weighted by atomic mass is 79.9. The molecule has 5 nitrogen and oxygen atoms in total. The predicted octanol–water partition coefficient (Wildman–Crippen LogP) is 1.75. The lowest BCUT2D eigenvalue weighted by molar-refractivity contribution is 0.304. The Bertz CT molecular complexity index is 636. The average molecular weight is 337 g/mol. The number of halogens is 1. The number of hydrogen-bond donors (Lipinski definition) is 0. The van der Waals surface area contributed by atoms with Crippen LogP contribution in [0.4, 0.5) is 0 Å². The lowest BCUT2D eigenvalue weighted by Crippen LogP contribution is -2.29. The van der Waals surface area contributed by atoms with E-state index >= 15 is 0 Å². The zero-order chi connectivity index (χ0) is 13.9. The maximum Gasteiger partial charge on any atom is 0.250 e. The number of rotatable bonds is 4. The molecule has 2 aromatic rings. The van der Waals surface area contributed by atoms with Crippen LogP contribution in [-0.2, 0) is 6.54 Å². The summed E-state index contributed by atoms with van der Waals surface area (Å²) in [5.41, 5.74) is 0.0688. The van der Waals surface area contributed by atoms with Gasteiger partial charge in [-0.15, -0.1) is 0 Å². The minimum Gasteiger partial charge on any atom is -0.314 e. The molecule has 0 aliphatic carbocycles. The van der Waals surface area contributed by atoms with E-state index in [1.54, 1.807) is 16.7 Å². The van der Waals surface area contributed by atoms with E-state index in [4.69, 9.17) is 0 Å². The Kier molecular flexibility index (Phi) is 4.03. The summed E-state index contributed by atoms with van der Waals surface area (Å²) >= 11 is 3.43. The van der Waals surface area contributed by atoms with Crippen LogP contribution in [0.5, 0.6) is 0 Å². The van der Waals surface area contributed by atoms with Gasteiger partial charge in [-0.1, -0.05) is 6.07 Å².